The fourth-order valence-electron chi connectivity index (χ4n) is 2.44. The van der Waals surface area contributed by atoms with E-state index in [4.69, 9.17) is 0 Å². The second kappa shape index (κ2) is 4.04. The summed E-state index contributed by atoms with van der Waals surface area (Å²) < 4.78 is 0. The number of hydrogen-bond donors (Lipinski definition) is 1. The first-order valence-corrected chi connectivity index (χ1v) is 5.59. The SMILES string of the molecule is CNc1cccc2c1CC(C)CCC2. The van der Waals surface area contributed by atoms with Gasteiger partial charge in [0.05, 0.1) is 0 Å². The molecular formula is C13H19N. The van der Waals surface area contributed by atoms with E-state index in [1.165, 1.54) is 31.4 Å². The van der Waals surface area contributed by atoms with Crippen LogP contribution in [0.5, 0.6) is 0 Å². The minimum Gasteiger partial charge on any atom is -0.388 e. The van der Waals surface area contributed by atoms with E-state index in [1.807, 2.05) is 7.05 Å². The second-order valence-corrected chi connectivity index (χ2v) is 4.39. The summed E-state index contributed by atoms with van der Waals surface area (Å²) in [4.78, 5) is 0. The normalized spacial score (nSPS) is 21.1. The van der Waals surface area contributed by atoms with E-state index < -0.39 is 0 Å². The fraction of sp³-hybridized carbons (Fsp3) is 0.538. The number of nitrogens with one attached hydrogen (secondary N) is 1. The van der Waals surface area contributed by atoms with Gasteiger partial charge in [0.25, 0.3) is 0 Å². The van der Waals surface area contributed by atoms with Crippen molar-refractivity contribution in [1.29, 1.82) is 0 Å². The van der Waals surface area contributed by atoms with Crippen molar-refractivity contribution in [3.63, 3.8) is 0 Å². The van der Waals surface area contributed by atoms with Gasteiger partial charge in [-0.05, 0) is 42.4 Å². The Morgan fingerprint density at radius 2 is 2.21 bits per heavy atom. The quantitative estimate of drug-likeness (QED) is 0.669. The maximum atomic E-state index is 3.30. The topological polar surface area (TPSA) is 12.0 Å². The zero-order chi connectivity index (χ0) is 9.97. The zero-order valence-electron chi connectivity index (χ0n) is 9.14. The standard InChI is InChI=1S/C13H19N/c1-10-5-3-6-11-7-4-8-13(14-2)12(11)9-10/h4,7-8,10,14H,3,5-6,9H2,1-2H3. The van der Waals surface area contributed by atoms with Gasteiger partial charge >= 0.3 is 0 Å². The lowest BCUT2D eigenvalue weighted by atomic mass is 9.97. The Morgan fingerprint density at radius 3 is 3.00 bits per heavy atom. The Hall–Kier alpha value is -0.980. The average molecular weight is 189 g/mol. The van der Waals surface area contributed by atoms with Gasteiger partial charge in [-0.15, -0.1) is 0 Å². The van der Waals surface area contributed by atoms with Crippen LogP contribution in [0.15, 0.2) is 18.2 Å². The van der Waals surface area contributed by atoms with Crippen molar-refractivity contribution in [1.82, 2.24) is 0 Å². The Balaban J connectivity index is 2.40. The highest BCUT2D eigenvalue weighted by Crippen LogP contribution is 2.29. The number of benzene rings is 1. The summed E-state index contributed by atoms with van der Waals surface area (Å²) in [6, 6.07) is 6.64. The van der Waals surface area contributed by atoms with Crippen LogP contribution in [0.3, 0.4) is 0 Å². The smallest absolute Gasteiger partial charge is 0.0372 e. The van der Waals surface area contributed by atoms with Gasteiger partial charge in [0.1, 0.15) is 0 Å². The molecule has 1 heteroatoms. The number of fused-ring (bicyclic) bond motifs is 1. The summed E-state index contributed by atoms with van der Waals surface area (Å²) >= 11 is 0. The number of rotatable bonds is 1. The predicted molar refractivity (Wildman–Crippen MR) is 61.8 cm³/mol. The molecule has 0 heterocycles. The van der Waals surface area contributed by atoms with Crippen LogP contribution >= 0.6 is 0 Å². The summed E-state index contributed by atoms with van der Waals surface area (Å²) in [5.74, 6) is 0.839. The van der Waals surface area contributed by atoms with Crippen LogP contribution in [0.4, 0.5) is 5.69 Å². The van der Waals surface area contributed by atoms with Gasteiger partial charge in [0.2, 0.25) is 0 Å². The molecular weight excluding hydrogens is 170 g/mol. The molecule has 0 radical (unpaired) electrons. The summed E-state index contributed by atoms with van der Waals surface area (Å²) in [5.41, 5.74) is 4.44. The minimum absolute atomic E-state index is 0.839. The summed E-state index contributed by atoms with van der Waals surface area (Å²) in [6.07, 6.45) is 5.22. The largest absolute Gasteiger partial charge is 0.388 e. The molecule has 0 bridgehead atoms. The summed E-state index contributed by atoms with van der Waals surface area (Å²) in [7, 11) is 2.02. The van der Waals surface area contributed by atoms with Crippen LogP contribution in [-0.4, -0.2) is 7.05 Å². The zero-order valence-corrected chi connectivity index (χ0v) is 9.14. The van der Waals surface area contributed by atoms with E-state index in [1.54, 1.807) is 11.1 Å². The molecule has 0 saturated heterocycles. The van der Waals surface area contributed by atoms with Crippen LogP contribution in [0, 0.1) is 5.92 Å². The molecule has 0 fully saturated rings. The molecule has 14 heavy (non-hydrogen) atoms. The van der Waals surface area contributed by atoms with Gasteiger partial charge in [-0.25, -0.2) is 0 Å². The van der Waals surface area contributed by atoms with Gasteiger partial charge in [0, 0.05) is 12.7 Å². The van der Waals surface area contributed by atoms with E-state index in [0.717, 1.165) is 5.92 Å². The van der Waals surface area contributed by atoms with E-state index in [-0.39, 0.29) is 0 Å². The lowest BCUT2D eigenvalue weighted by Crippen LogP contribution is -2.02. The van der Waals surface area contributed by atoms with Crippen LogP contribution in [-0.2, 0) is 12.8 Å². The highest BCUT2D eigenvalue weighted by molar-refractivity contribution is 5.54. The third kappa shape index (κ3) is 1.77. The van der Waals surface area contributed by atoms with Crippen LogP contribution in [0.25, 0.3) is 0 Å². The van der Waals surface area contributed by atoms with Gasteiger partial charge < -0.3 is 5.32 Å². The molecule has 1 aliphatic rings. The van der Waals surface area contributed by atoms with E-state index in [2.05, 4.69) is 30.4 Å². The Morgan fingerprint density at radius 1 is 1.36 bits per heavy atom. The highest BCUT2D eigenvalue weighted by atomic mass is 14.8. The molecule has 0 aromatic heterocycles. The highest BCUT2D eigenvalue weighted by Gasteiger charge is 2.15. The molecule has 0 aliphatic heterocycles. The van der Waals surface area contributed by atoms with E-state index >= 15 is 0 Å². The Labute approximate surface area is 86.5 Å². The van der Waals surface area contributed by atoms with Crippen LogP contribution in [0.2, 0.25) is 0 Å². The first-order chi connectivity index (χ1) is 6.81. The van der Waals surface area contributed by atoms with Gasteiger partial charge in [-0.2, -0.15) is 0 Å². The maximum Gasteiger partial charge on any atom is 0.0372 e. The van der Waals surface area contributed by atoms with E-state index in [9.17, 15) is 0 Å². The molecule has 2 rings (SSSR count). The van der Waals surface area contributed by atoms with Crippen molar-refractivity contribution in [2.75, 3.05) is 12.4 Å². The fourth-order valence-corrected chi connectivity index (χ4v) is 2.44. The van der Waals surface area contributed by atoms with Crippen molar-refractivity contribution in [3.05, 3.63) is 29.3 Å². The Bertz CT molecular complexity index is 317. The van der Waals surface area contributed by atoms with E-state index in [0.29, 0.717) is 0 Å². The Kier molecular flexibility index (Phi) is 2.76. The third-order valence-corrected chi connectivity index (χ3v) is 3.24. The molecule has 1 aromatic rings. The van der Waals surface area contributed by atoms with Crippen molar-refractivity contribution in [3.8, 4) is 0 Å². The molecule has 1 unspecified atom stereocenters. The molecule has 76 valence electrons. The average Bonchev–Trinajstić information content (AvgIpc) is 2.38. The van der Waals surface area contributed by atoms with Crippen molar-refractivity contribution < 1.29 is 0 Å². The summed E-state index contributed by atoms with van der Waals surface area (Å²) in [6.45, 7) is 2.36. The second-order valence-electron chi connectivity index (χ2n) is 4.39. The van der Waals surface area contributed by atoms with Gasteiger partial charge in [-0.1, -0.05) is 25.5 Å². The molecule has 1 atom stereocenters. The molecule has 0 spiro atoms. The number of aryl methyl sites for hydroxylation is 1. The lowest BCUT2D eigenvalue weighted by Gasteiger charge is -2.13. The number of anilines is 1. The van der Waals surface area contributed by atoms with Crippen LogP contribution in [0.1, 0.15) is 30.9 Å². The van der Waals surface area contributed by atoms with Crippen LogP contribution < -0.4 is 5.32 Å². The monoisotopic (exact) mass is 189 g/mol. The predicted octanol–water partition coefficient (Wildman–Crippen LogP) is 3.24. The van der Waals surface area contributed by atoms with Crippen molar-refractivity contribution in [2.45, 2.75) is 32.6 Å². The molecule has 0 amide bonds. The minimum atomic E-state index is 0.839. The van der Waals surface area contributed by atoms with Crippen molar-refractivity contribution >= 4 is 5.69 Å². The molecule has 1 aliphatic carbocycles. The van der Waals surface area contributed by atoms with Gasteiger partial charge in [0.15, 0.2) is 0 Å². The number of hydrogen-bond acceptors (Lipinski definition) is 1. The maximum absolute atomic E-state index is 3.30. The molecule has 1 nitrogen and oxygen atoms in total. The molecule has 1 N–H and O–H groups in total. The molecule has 0 saturated carbocycles. The van der Waals surface area contributed by atoms with Crippen molar-refractivity contribution in [2.24, 2.45) is 5.92 Å². The molecule has 1 aromatic carbocycles. The van der Waals surface area contributed by atoms with Gasteiger partial charge in [-0.3, -0.25) is 0 Å². The lowest BCUT2D eigenvalue weighted by molar-refractivity contribution is 0.527. The summed E-state index contributed by atoms with van der Waals surface area (Å²) in [5, 5.41) is 3.30. The first kappa shape index (κ1) is 9.57. The third-order valence-electron chi connectivity index (χ3n) is 3.24. The first-order valence-electron chi connectivity index (χ1n) is 5.59.